The first-order valence-corrected chi connectivity index (χ1v) is 10.1. The van der Waals surface area contributed by atoms with Gasteiger partial charge in [-0.15, -0.1) is 0 Å². The van der Waals surface area contributed by atoms with E-state index in [2.05, 4.69) is 20.1 Å². The van der Waals surface area contributed by atoms with Crippen LogP contribution in [-0.2, 0) is 4.74 Å². The van der Waals surface area contributed by atoms with Gasteiger partial charge < -0.3 is 19.9 Å². The summed E-state index contributed by atoms with van der Waals surface area (Å²) in [6, 6.07) is 0. The molecule has 24 heavy (non-hydrogen) atoms. The van der Waals surface area contributed by atoms with Crippen molar-refractivity contribution in [3.8, 4) is 0 Å². The molecule has 0 radical (unpaired) electrons. The van der Waals surface area contributed by atoms with Gasteiger partial charge >= 0.3 is 0 Å². The summed E-state index contributed by atoms with van der Waals surface area (Å²) in [5, 5.41) is 3.58. The van der Waals surface area contributed by atoms with Crippen LogP contribution in [0.4, 0.5) is 0 Å². The van der Waals surface area contributed by atoms with Crippen molar-refractivity contribution >= 4 is 5.96 Å². The predicted molar refractivity (Wildman–Crippen MR) is 99.6 cm³/mol. The largest absolute Gasteiger partial charge is 0.381 e. The third-order valence-corrected chi connectivity index (χ3v) is 6.02. The number of unbranched alkanes of at least 4 members (excludes halogenated alkanes) is 2. The normalized spacial score (nSPS) is 28.9. The highest BCUT2D eigenvalue weighted by molar-refractivity contribution is 5.80. The molecule has 3 aliphatic rings. The van der Waals surface area contributed by atoms with Crippen LogP contribution in [-0.4, -0.2) is 75.3 Å². The molecule has 1 spiro atoms. The van der Waals surface area contributed by atoms with Crippen molar-refractivity contribution in [2.24, 2.45) is 10.4 Å². The maximum atomic E-state index is 5.63. The zero-order valence-corrected chi connectivity index (χ0v) is 15.6. The van der Waals surface area contributed by atoms with Crippen LogP contribution in [0.5, 0.6) is 0 Å². The molecule has 3 aliphatic heterocycles. The van der Waals surface area contributed by atoms with Crippen LogP contribution < -0.4 is 5.32 Å². The number of guanidine groups is 1. The number of nitrogens with one attached hydrogen (secondary N) is 1. The van der Waals surface area contributed by atoms with Crippen molar-refractivity contribution in [1.29, 1.82) is 0 Å². The zero-order chi connectivity index (χ0) is 16.7. The molecule has 3 rings (SSSR count). The zero-order valence-electron chi connectivity index (χ0n) is 15.6. The Morgan fingerprint density at radius 3 is 2.71 bits per heavy atom. The molecule has 1 N–H and O–H groups in total. The van der Waals surface area contributed by atoms with Crippen LogP contribution in [0, 0.1) is 5.41 Å². The molecule has 0 bridgehead atoms. The second-order valence-corrected chi connectivity index (χ2v) is 7.91. The third-order valence-electron chi connectivity index (χ3n) is 6.02. The minimum Gasteiger partial charge on any atom is -0.381 e. The highest BCUT2D eigenvalue weighted by atomic mass is 16.5. The van der Waals surface area contributed by atoms with E-state index in [4.69, 9.17) is 4.74 Å². The lowest BCUT2D eigenvalue weighted by Gasteiger charge is -2.26. The Hall–Kier alpha value is -0.810. The molecular weight excluding hydrogens is 300 g/mol. The first-order chi connectivity index (χ1) is 11.8. The lowest BCUT2D eigenvalue weighted by molar-refractivity contribution is 0.156. The fourth-order valence-electron chi connectivity index (χ4n) is 4.44. The highest BCUT2D eigenvalue weighted by Crippen LogP contribution is 2.38. The first kappa shape index (κ1) is 18.0. The van der Waals surface area contributed by atoms with E-state index in [1.807, 2.05) is 7.05 Å². The van der Waals surface area contributed by atoms with Gasteiger partial charge in [-0.1, -0.05) is 12.8 Å². The van der Waals surface area contributed by atoms with E-state index in [0.717, 1.165) is 38.8 Å². The molecule has 3 heterocycles. The van der Waals surface area contributed by atoms with Gasteiger partial charge in [0.1, 0.15) is 0 Å². The minimum absolute atomic E-state index is 0.409. The molecule has 3 fully saturated rings. The van der Waals surface area contributed by atoms with Gasteiger partial charge in [-0.05, 0) is 58.2 Å². The van der Waals surface area contributed by atoms with Crippen LogP contribution in [0.3, 0.4) is 0 Å². The lowest BCUT2D eigenvalue weighted by Crippen LogP contribution is -2.41. The van der Waals surface area contributed by atoms with Gasteiger partial charge in [0.25, 0.3) is 0 Å². The lowest BCUT2D eigenvalue weighted by atomic mass is 9.87. The number of piperidine rings is 1. The third kappa shape index (κ3) is 4.85. The molecule has 0 saturated carbocycles. The molecule has 0 aliphatic carbocycles. The standard InChI is InChI=1S/C19H36N4O/c1-20-18(23-14-8-19(16-23)9-15-24-17-19)21-10-4-2-5-11-22-12-6-3-7-13-22/h2-17H2,1H3,(H,20,21). The molecule has 3 saturated heterocycles. The Balaban J connectivity index is 1.28. The molecule has 0 aromatic carbocycles. The van der Waals surface area contributed by atoms with E-state index < -0.39 is 0 Å². The van der Waals surface area contributed by atoms with Crippen molar-refractivity contribution in [2.45, 2.75) is 51.4 Å². The van der Waals surface area contributed by atoms with Crippen LogP contribution in [0.1, 0.15) is 51.4 Å². The van der Waals surface area contributed by atoms with Crippen molar-refractivity contribution < 1.29 is 4.74 Å². The Morgan fingerprint density at radius 2 is 1.96 bits per heavy atom. The monoisotopic (exact) mass is 336 g/mol. The fraction of sp³-hybridized carbons (Fsp3) is 0.947. The van der Waals surface area contributed by atoms with Crippen molar-refractivity contribution in [3.05, 3.63) is 0 Å². The second kappa shape index (κ2) is 9.04. The summed E-state index contributed by atoms with van der Waals surface area (Å²) < 4.78 is 5.63. The molecule has 138 valence electrons. The highest BCUT2D eigenvalue weighted by Gasteiger charge is 2.42. The summed E-state index contributed by atoms with van der Waals surface area (Å²) in [5.74, 6) is 1.09. The Morgan fingerprint density at radius 1 is 1.08 bits per heavy atom. The molecule has 0 amide bonds. The van der Waals surface area contributed by atoms with E-state index in [9.17, 15) is 0 Å². The maximum Gasteiger partial charge on any atom is 0.193 e. The molecule has 5 nitrogen and oxygen atoms in total. The summed E-state index contributed by atoms with van der Waals surface area (Å²) in [4.78, 5) is 9.57. The van der Waals surface area contributed by atoms with Crippen LogP contribution in [0.2, 0.25) is 0 Å². The Kier molecular flexibility index (Phi) is 6.78. The van der Waals surface area contributed by atoms with Gasteiger partial charge in [0.05, 0.1) is 6.61 Å². The van der Waals surface area contributed by atoms with Crippen molar-refractivity contribution in [3.63, 3.8) is 0 Å². The van der Waals surface area contributed by atoms with E-state index in [0.29, 0.717) is 5.41 Å². The van der Waals surface area contributed by atoms with E-state index in [1.165, 1.54) is 71.0 Å². The summed E-state index contributed by atoms with van der Waals surface area (Å²) in [7, 11) is 1.91. The topological polar surface area (TPSA) is 40.1 Å². The molecule has 0 aromatic heterocycles. The SMILES string of the molecule is CN=C(NCCCCCN1CCCCC1)N1CCC2(CCOC2)C1. The smallest absolute Gasteiger partial charge is 0.193 e. The molecule has 1 unspecified atom stereocenters. The number of ether oxygens (including phenoxy) is 1. The first-order valence-electron chi connectivity index (χ1n) is 10.1. The number of likely N-dealkylation sites (tertiary alicyclic amines) is 2. The van der Waals surface area contributed by atoms with Crippen LogP contribution in [0.15, 0.2) is 4.99 Å². The van der Waals surface area contributed by atoms with Crippen molar-refractivity contribution in [1.82, 2.24) is 15.1 Å². The number of hydrogen-bond acceptors (Lipinski definition) is 3. The Bertz CT molecular complexity index is 400. The number of aliphatic imine (C=N–C) groups is 1. The van der Waals surface area contributed by atoms with E-state index >= 15 is 0 Å². The van der Waals surface area contributed by atoms with Gasteiger partial charge in [0.2, 0.25) is 0 Å². The van der Waals surface area contributed by atoms with Crippen molar-refractivity contribution in [2.75, 3.05) is 59.5 Å². The van der Waals surface area contributed by atoms with Gasteiger partial charge in [0, 0.05) is 38.7 Å². The average Bonchev–Trinajstić information content (AvgIpc) is 3.25. The van der Waals surface area contributed by atoms with Gasteiger partial charge in [-0.2, -0.15) is 0 Å². The van der Waals surface area contributed by atoms with Gasteiger partial charge in [-0.3, -0.25) is 4.99 Å². The molecule has 1 atom stereocenters. The second-order valence-electron chi connectivity index (χ2n) is 7.91. The van der Waals surface area contributed by atoms with E-state index in [-0.39, 0.29) is 0 Å². The minimum atomic E-state index is 0.409. The summed E-state index contributed by atoms with van der Waals surface area (Å²) in [6.45, 7) is 9.11. The predicted octanol–water partition coefficient (Wildman–Crippen LogP) is 2.33. The number of rotatable bonds is 6. The maximum absolute atomic E-state index is 5.63. The quantitative estimate of drug-likeness (QED) is 0.459. The molecule has 0 aromatic rings. The summed E-state index contributed by atoms with van der Waals surface area (Å²) in [6.07, 6.45) is 10.6. The van der Waals surface area contributed by atoms with Crippen LogP contribution in [0.25, 0.3) is 0 Å². The molecule has 5 heteroatoms. The fourth-order valence-corrected chi connectivity index (χ4v) is 4.44. The van der Waals surface area contributed by atoms with Gasteiger partial charge in [-0.25, -0.2) is 0 Å². The van der Waals surface area contributed by atoms with E-state index in [1.54, 1.807) is 0 Å². The average molecular weight is 337 g/mol. The number of nitrogens with zero attached hydrogens (tertiary/aromatic N) is 3. The van der Waals surface area contributed by atoms with Crippen LogP contribution >= 0.6 is 0 Å². The van der Waals surface area contributed by atoms with Gasteiger partial charge in [0.15, 0.2) is 5.96 Å². The molecular formula is C19H36N4O. The summed E-state index contributed by atoms with van der Waals surface area (Å²) in [5.41, 5.74) is 0.409. The summed E-state index contributed by atoms with van der Waals surface area (Å²) >= 11 is 0. The number of hydrogen-bond donors (Lipinski definition) is 1. The Labute approximate surface area is 147 Å².